The van der Waals surface area contributed by atoms with Gasteiger partial charge in [-0.1, -0.05) is 42.5 Å². The lowest BCUT2D eigenvalue weighted by Crippen LogP contribution is -2.34. The van der Waals surface area contributed by atoms with Gasteiger partial charge in [-0.2, -0.15) is 0 Å². The number of hydrogen-bond acceptors (Lipinski definition) is 4. The van der Waals surface area contributed by atoms with Gasteiger partial charge in [0.25, 0.3) is 5.56 Å². The van der Waals surface area contributed by atoms with E-state index < -0.39 is 0 Å². The van der Waals surface area contributed by atoms with Crippen molar-refractivity contribution in [3.63, 3.8) is 0 Å². The summed E-state index contributed by atoms with van der Waals surface area (Å²) < 4.78 is 1.33. The number of likely N-dealkylation sites (N-methyl/N-ethyl adjacent to an activating group) is 1. The molecular formula is C21H19N5O2. The predicted octanol–water partition coefficient (Wildman–Crippen LogP) is 2.45. The van der Waals surface area contributed by atoms with Gasteiger partial charge in [0.15, 0.2) is 0 Å². The minimum Gasteiger partial charge on any atom is -0.341 e. The summed E-state index contributed by atoms with van der Waals surface area (Å²) in [7, 11) is 1.69. The van der Waals surface area contributed by atoms with Gasteiger partial charge < -0.3 is 9.88 Å². The molecule has 0 radical (unpaired) electrons. The molecule has 1 N–H and O–H groups in total. The van der Waals surface area contributed by atoms with Crippen molar-refractivity contribution in [3.8, 4) is 11.3 Å². The first-order chi connectivity index (χ1) is 13.6. The van der Waals surface area contributed by atoms with Crippen LogP contribution in [-0.2, 0) is 17.9 Å². The lowest BCUT2D eigenvalue weighted by atomic mass is 10.2. The average molecular weight is 373 g/mol. The zero-order valence-electron chi connectivity index (χ0n) is 15.4. The Morgan fingerprint density at radius 3 is 2.64 bits per heavy atom. The Hall–Kier alpha value is -3.74. The molecule has 0 aliphatic rings. The molecule has 0 spiro atoms. The first-order valence-electron chi connectivity index (χ1n) is 8.89. The molecule has 2 heterocycles. The van der Waals surface area contributed by atoms with Gasteiger partial charge in [0.1, 0.15) is 12.4 Å². The van der Waals surface area contributed by atoms with Gasteiger partial charge in [0.2, 0.25) is 5.91 Å². The molecule has 4 rings (SSSR count). The van der Waals surface area contributed by atoms with Crippen molar-refractivity contribution >= 4 is 16.8 Å². The number of imidazole rings is 1. The second kappa shape index (κ2) is 7.48. The second-order valence-corrected chi connectivity index (χ2v) is 6.55. The number of para-hydroxylation sites is 1. The van der Waals surface area contributed by atoms with E-state index in [2.05, 4.69) is 15.0 Å². The third-order valence-electron chi connectivity index (χ3n) is 4.56. The van der Waals surface area contributed by atoms with Crippen LogP contribution in [0.1, 0.15) is 5.82 Å². The predicted molar refractivity (Wildman–Crippen MR) is 107 cm³/mol. The molecule has 2 aromatic heterocycles. The monoisotopic (exact) mass is 373 g/mol. The Balaban J connectivity index is 1.47. The summed E-state index contributed by atoms with van der Waals surface area (Å²) in [6.07, 6.45) is 3.16. The Bertz CT molecular complexity index is 1180. The van der Waals surface area contributed by atoms with Gasteiger partial charge in [0.05, 0.1) is 35.7 Å². The van der Waals surface area contributed by atoms with Gasteiger partial charge in [-0.15, -0.1) is 0 Å². The van der Waals surface area contributed by atoms with Gasteiger partial charge in [-0.25, -0.2) is 9.97 Å². The summed E-state index contributed by atoms with van der Waals surface area (Å²) >= 11 is 0. The first-order valence-corrected chi connectivity index (χ1v) is 8.89. The van der Waals surface area contributed by atoms with Gasteiger partial charge in [0, 0.05) is 7.05 Å². The SMILES string of the molecule is CN(Cc1ncc(-c2ccccc2)[nH]1)C(=O)Cn1cnc2ccccc2c1=O. The summed E-state index contributed by atoms with van der Waals surface area (Å²) in [6.45, 7) is 0.251. The van der Waals surface area contributed by atoms with E-state index >= 15 is 0 Å². The molecule has 1 amide bonds. The van der Waals surface area contributed by atoms with E-state index in [0.717, 1.165) is 11.3 Å². The molecule has 0 saturated carbocycles. The molecule has 0 unspecified atom stereocenters. The zero-order valence-corrected chi connectivity index (χ0v) is 15.4. The van der Waals surface area contributed by atoms with Crippen LogP contribution in [0, 0.1) is 0 Å². The van der Waals surface area contributed by atoms with Crippen molar-refractivity contribution in [2.75, 3.05) is 7.05 Å². The van der Waals surface area contributed by atoms with E-state index in [0.29, 0.717) is 23.3 Å². The summed E-state index contributed by atoms with van der Waals surface area (Å²) in [5.74, 6) is 0.482. The van der Waals surface area contributed by atoms with Crippen LogP contribution < -0.4 is 5.56 Å². The minimum atomic E-state index is -0.225. The number of amides is 1. The fourth-order valence-corrected chi connectivity index (χ4v) is 3.01. The van der Waals surface area contributed by atoms with Crippen molar-refractivity contribution in [3.05, 3.63) is 83.3 Å². The molecule has 0 atom stereocenters. The van der Waals surface area contributed by atoms with Crippen LogP contribution in [0.3, 0.4) is 0 Å². The van der Waals surface area contributed by atoms with E-state index in [9.17, 15) is 9.59 Å². The molecule has 140 valence electrons. The number of H-pyrrole nitrogens is 1. The van der Waals surface area contributed by atoms with Crippen LogP contribution in [-0.4, -0.2) is 37.4 Å². The zero-order chi connectivity index (χ0) is 19.5. The molecule has 0 aliphatic heterocycles. The number of nitrogens with zero attached hydrogens (tertiary/aromatic N) is 4. The number of aromatic amines is 1. The molecular weight excluding hydrogens is 354 g/mol. The maximum Gasteiger partial charge on any atom is 0.261 e. The van der Waals surface area contributed by atoms with Gasteiger partial charge in [-0.3, -0.25) is 14.2 Å². The minimum absolute atomic E-state index is 0.0700. The first kappa shape index (κ1) is 17.7. The number of rotatable bonds is 5. The number of hydrogen-bond donors (Lipinski definition) is 1. The highest BCUT2D eigenvalue weighted by molar-refractivity contribution is 5.78. The largest absolute Gasteiger partial charge is 0.341 e. The number of fused-ring (bicyclic) bond motifs is 1. The van der Waals surface area contributed by atoms with Crippen LogP contribution in [0.25, 0.3) is 22.2 Å². The average Bonchev–Trinajstić information content (AvgIpc) is 3.19. The van der Waals surface area contributed by atoms with Crippen molar-refractivity contribution in [1.82, 2.24) is 24.4 Å². The molecule has 2 aromatic carbocycles. The maximum absolute atomic E-state index is 12.6. The van der Waals surface area contributed by atoms with E-state index in [1.807, 2.05) is 36.4 Å². The van der Waals surface area contributed by atoms with Gasteiger partial charge in [-0.05, 0) is 17.7 Å². The molecule has 0 saturated heterocycles. The number of benzene rings is 2. The number of nitrogens with one attached hydrogen (secondary N) is 1. The van der Waals surface area contributed by atoms with Gasteiger partial charge >= 0.3 is 0 Å². The van der Waals surface area contributed by atoms with E-state index in [-0.39, 0.29) is 18.0 Å². The Kier molecular flexibility index (Phi) is 4.72. The Morgan fingerprint density at radius 1 is 1.07 bits per heavy atom. The number of carbonyl (C=O) groups is 1. The number of carbonyl (C=O) groups excluding carboxylic acids is 1. The van der Waals surface area contributed by atoms with Crippen molar-refractivity contribution in [2.45, 2.75) is 13.1 Å². The smallest absolute Gasteiger partial charge is 0.261 e. The Labute approximate surface area is 161 Å². The standard InChI is InChI=1S/C21H19N5O2/c1-25(12-19-22-11-18(24-19)15-7-3-2-4-8-15)20(27)13-26-14-23-17-10-6-5-9-16(17)21(26)28/h2-11,14H,12-13H2,1H3,(H,22,24). The third kappa shape index (κ3) is 3.55. The van der Waals surface area contributed by atoms with Crippen molar-refractivity contribution in [2.24, 2.45) is 0 Å². The summed E-state index contributed by atoms with van der Waals surface area (Å²) in [4.78, 5) is 38.5. The topological polar surface area (TPSA) is 83.9 Å². The molecule has 7 nitrogen and oxygen atoms in total. The Morgan fingerprint density at radius 2 is 1.82 bits per heavy atom. The highest BCUT2D eigenvalue weighted by Crippen LogP contribution is 2.16. The highest BCUT2D eigenvalue weighted by atomic mass is 16.2. The van der Waals surface area contributed by atoms with Crippen LogP contribution in [0.2, 0.25) is 0 Å². The fourth-order valence-electron chi connectivity index (χ4n) is 3.01. The summed E-state index contributed by atoms with van der Waals surface area (Å²) in [5.41, 5.74) is 2.32. The fraction of sp³-hybridized carbons (Fsp3) is 0.143. The van der Waals surface area contributed by atoms with Crippen LogP contribution >= 0.6 is 0 Å². The molecule has 7 heteroatoms. The van der Waals surface area contributed by atoms with E-state index in [4.69, 9.17) is 0 Å². The number of aromatic nitrogens is 4. The second-order valence-electron chi connectivity index (χ2n) is 6.55. The lowest BCUT2D eigenvalue weighted by molar-refractivity contribution is -0.131. The maximum atomic E-state index is 12.6. The molecule has 28 heavy (non-hydrogen) atoms. The molecule has 4 aromatic rings. The van der Waals surface area contributed by atoms with Crippen LogP contribution in [0.5, 0.6) is 0 Å². The van der Waals surface area contributed by atoms with Crippen LogP contribution in [0.4, 0.5) is 0 Å². The molecule has 0 aliphatic carbocycles. The van der Waals surface area contributed by atoms with Crippen LogP contribution in [0.15, 0.2) is 71.9 Å². The summed E-state index contributed by atoms with van der Waals surface area (Å²) in [6, 6.07) is 16.9. The normalized spacial score (nSPS) is 10.9. The van der Waals surface area contributed by atoms with E-state index in [1.165, 1.54) is 15.8 Å². The quantitative estimate of drug-likeness (QED) is 0.582. The molecule has 0 fully saturated rings. The van der Waals surface area contributed by atoms with Crippen molar-refractivity contribution < 1.29 is 4.79 Å². The van der Waals surface area contributed by atoms with Crippen molar-refractivity contribution in [1.29, 1.82) is 0 Å². The lowest BCUT2D eigenvalue weighted by Gasteiger charge is -2.16. The summed E-state index contributed by atoms with van der Waals surface area (Å²) in [5, 5.41) is 0.499. The third-order valence-corrected chi connectivity index (χ3v) is 4.56. The highest BCUT2D eigenvalue weighted by Gasteiger charge is 2.14. The van der Waals surface area contributed by atoms with E-state index in [1.54, 1.807) is 31.4 Å². The molecule has 0 bridgehead atoms.